The molecule has 3 aromatic carbocycles. The van der Waals surface area contributed by atoms with Crippen LogP contribution in [0.4, 0.5) is 10.1 Å². The Kier molecular flexibility index (Phi) is 7.51. The molecule has 0 saturated carbocycles. The molecule has 202 valence electrons. The summed E-state index contributed by atoms with van der Waals surface area (Å²) < 4.78 is 27.4. The lowest BCUT2D eigenvalue weighted by atomic mass is 9.96. The number of rotatable bonds is 8. The molecule has 5 aromatic rings. The molecule has 0 atom stereocenters. The van der Waals surface area contributed by atoms with Crippen molar-refractivity contribution in [2.75, 3.05) is 12.4 Å². The minimum absolute atomic E-state index is 0.0941. The van der Waals surface area contributed by atoms with E-state index in [1.165, 1.54) is 60.5 Å². The van der Waals surface area contributed by atoms with E-state index >= 15 is 4.39 Å². The third kappa shape index (κ3) is 5.79. The minimum atomic E-state index is -0.787. The van der Waals surface area contributed by atoms with Crippen LogP contribution < -0.4 is 31.5 Å². The molecular weight excluding hydrogens is 526 g/mol. The highest BCUT2D eigenvalue weighted by Crippen LogP contribution is 2.34. The van der Waals surface area contributed by atoms with Gasteiger partial charge >= 0.3 is 0 Å². The molecule has 41 heavy (non-hydrogen) atoms. The molecule has 5 rings (SSSR count). The SMILES string of the molecule is [B]c1cc(C(=O)Nc2ccc(Oc3ccnc4cc(OC)c(C(N)=O)cc34)c(F)c2)c(=O)n(Cc2ccccc2)c1. The van der Waals surface area contributed by atoms with Crippen molar-refractivity contribution in [3.8, 4) is 17.2 Å². The molecule has 9 nitrogen and oxygen atoms in total. The first kappa shape index (κ1) is 27.1. The van der Waals surface area contributed by atoms with E-state index in [1.807, 2.05) is 30.3 Å². The van der Waals surface area contributed by atoms with Gasteiger partial charge in [0.1, 0.15) is 24.9 Å². The van der Waals surface area contributed by atoms with Crippen LogP contribution in [0.1, 0.15) is 26.3 Å². The summed E-state index contributed by atoms with van der Waals surface area (Å²) >= 11 is 0. The Morgan fingerprint density at radius 1 is 1.00 bits per heavy atom. The second kappa shape index (κ2) is 11.3. The maximum Gasteiger partial charge on any atom is 0.263 e. The summed E-state index contributed by atoms with van der Waals surface area (Å²) in [7, 11) is 7.36. The number of hydrogen-bond acceptors (Lipinski definition) is 6. The molecule has 0 unspecified atom stereocenters. The van der Waals surface area contributed by atoms with Crippen molar-refractivity contribution in [1.82, 2.24) is 9.55 Å². The lowest BCUT2D eigenvalue weighted by Crippen LogP contribution is -2.32. The largest absolute Gasteiger partial charge is 0.496 e. The maximum absolute atomic E-state index is 15.1. The number of pyridine rings is 2. The molecule has 0 aliphatic carbocycles. The van der Waals surface area contributed by atoms with Gasteiger partial charge in [-0.05, 0) is 35.9 Å². The molecule has 0 saturated heterocycles. The zero-order valence-corrected chi connectivity index (χ0v) is 21.8. The van der Waals surface area contributed by atoms with Gasteiger partial charge in [-0.15, -0.1) is 0 Å². The van der Waals surface area contributed by atoms with E-state index in [9.17, 15) is 14.4 Å². The van der Waals surface area contributed by atoms with Crippen LogP contribution in [0.3, 0.4) is 0 Å². The first-order valence-electron chi connectivity index (χ1n) is 12.3. The fraction of sp³-hybridized carbons (Fsp3) is 0.0667. The Morgan fingerprint density at radius 2 is 1.78 bits per heavy atom. The number of amides is 2. The number of anilines is 1. The van der Waals surface area contributed by atoms with Gasteiger partial charge in [-0.2, -0.15) is 0 Å². The number of nitrogens with zero attached hydrogens (tertiary/aromatic N) is 2. The summed E-state index contributed by atoms with van der Waals surface area (Å²) in [6.45, 7) is 0.225. The van der Waals surface area contributed by atoms with Crippen LogP contribution in [0.15, 0.2) is 90.0 Å². The zero-order valence-electron chi connectivity index (χ0n) is 21.8. The number of nitrogens with two attached hydrogens (primary N) is 1. The van der Waals surface area contributed by atoms with Gasteiger partial charge in [0.15, 0.2) is 11.6 Å². The fourth-order valence-electron chi connectivity index (χ4n) is 4.30. The van der Waals surface area contributed by atoms with Crippen LogP contribution in [-0.2, 0) is 6.54 Å². The Balaban J connectivity index is 1.38. The van der Waals surface area contributed by atoms with Crippen molar-refractivity contribution in [2.24, 2.45) is 5.73 Å². The smallest absolute Gasteiger partial charge is 0.263 e. The van der Waals surface area contributed by atoms with Gasteiger partial charge in [-0.25, -0.2) is 4.39 Å². The van der Waals surface area contributed by atoms with E-state index in [2.05, 4.69) is 10.3 Å². The van der Waals surface area contributed by atoms with Gasteiger partial charge in [0.2, 0.25) is 0 Å². The zero-order chi connectivity index (χ0) is 29.1. The Hall–Kier alpha value is -5.45. The van der Waals surface area contributed by atoms with E-state index in [1.54, 1.807) is 0 Å². The number of fused-ring (bicyclic) bond motifs is 1. The average Bonchev–Trinajstić information content (AvgIpc) is 2.96. The molecule has 2 heterocycles. The molecule has 3 N–H and O–H groups in total. The van der Waals surface area contributed by atoms with Crippen molar-refractivity contribution < 1.29 is 23.5 Å². The lowest BCUT2D eigenvalue weighted by Gasteiger charge is -2.13. The van der Waals surface area contributed by atoms with E-state index in [4.69, 9.17) is 23.1 Å². The number of carbonyl (C=O) groups is 2. The summed E-state index contributed by atoms with van der Waals surface area (Å²) in [5, 5.41) is 2.94. The highest BCUT2D eigenvalue weighted by molar-refractivity contribution is 6.32. The van der Waals surface area contributed by atoms with Crippen LogP contribution in [0.25, 0.3) is 10.9 Å². The van der Waals surface area contributed by atoms with Gasteiger partial charge in [0, 0.05) is 35.6 Å². The van der Waals surface area contributed by atoms with Crippen molar-refractivity contribution >= 4 is 41.7 Å². The summed E-state index contributed by atoms with van der Waals surface area (Å²) in [5.74, 6) is -1.93. The van der Waals surface area contributed by atoms with Crippen LogP contribution in [-0.4, -0.2) is 36.3 Å². The lowest BCUT2D eigenvalue weighted by molar-refractivity contribution is 0.0995. The van der Waals surface area contributed by atoms with Crippen LogP contribution in [0, 0.1) is 5.82 Å². The predicted molar refractivity (Wildman–Crippen MR) is 153 cm³/mol. The topological polar surface area (TPSA) is 126 Å². The number of benzene rings is 3. The van der Waals surface area contributed by atoms with Gasteiger partial charge < -0.3 is 25.1 Å². The first-order chi connectivity index (χ1) is 19.7. The number of halogens is 1. The van der Waals surface area contributed by atoms with E-state index < -0.39 is 23.2 Å². The third-order valence-electron chi connectivity index (χ3n) is 6.25. The number of hydrogen-bond donors (Lipinski definition) is 2. The summed E-state index contributed by atoms with van der Waals surface area (Å²) in [6.07, 6.45) is 2.92. The number of ether oxygens (including phenoxy) is 2. The van der Waals surface area contributed by atoms with Gasteiger partial charge in [0.05, 0.1) is 24.7 Å². The molecule has 0 spiro atoms. The Morgan fingerprint density at radius 3 is 2.49 bits per heavy atom. The number of nitrogens with one attached hydrogen (secondary N) is 1. The number of methoxy groups -OCH3 is 1. The average molecular weight is 548 g/mol. The van der Waals surface area contributed by atoms with Crippen molar-refractivity contribution in [2.45, 2.75) is 6.54 Å². The van der Waals surface area contributed by atoms with E-state index in [0.717, 1.165) is 11.6 Å². The summed E-state index contributed by atoms with van der Waals surface area (Å²) in [4.78, 5) is 42.1. The van der Waals surface area contributed by atoms with E-state index in [0.29, 0.717) is 10.9 Å². The van der Waals surface area contributed by atoms with Crippen LogP contribution in [0.5, 0.6) is 17.2 Å². The molecular formula is C30H22BFN4O5. The number of primary amides is 1. The molecule has 0 fully saturated rings. The second-order valence-corrected chi connectivity index (χ2v) is 9.05. The van der Waals surface area contributed by atoms with Crippen LogP contribution in [0.2, 0.25) is 0 Å². The van der Waals surface area contributed by atoms with Crippen LogP contribution >= 0.6 is 0 Å². The second-order valence-electron chi connectivity index (χ2n) is 9.05. The summed E-state index contributed by atoms with van der Waals surface area (Å²) in [5.41, 5.74) is 6.46. The number of carbonyl (C=O) groups excluding carboxylic acids is 2. The van der Waals surface area contributed by atoms with E-state index in [-0.39, 0.29) is 46.1 Å². The molecule has 2 aromatic heterocycles. The Labute approximate surface area is 234 Å². The highest BCUT2D eigenvalue weighted by Gasteiger charge is 2.17. The van der Waals surface area contributed by atoms with Crippen molar-refractivity contribution in [3.63, 3.8) is 0 Å². The minimum Gasteiger partial charge on any atom is -0.496 e. The summed E-state index contributed by atoms with van der Waals surface area (Å²) in [6, 6.07) is 18.8. The van der Waals surface area contributed by atoms with Crippen molar-refractivity contribution in [3.05, 3.63) is 118 Å². The maximum atomic E-state index is 15.1. The molecule has 0 bridgehead atoms. The number of aromatic nitrogens is 2. The highest BCUT2D eigenvalue weighted by atomic mass is 19.1. The Bertz CT molecular complexity index is 1860. The predicted octanol–water partition coefficient (Wildman–Crippen LogP) is 3.53. The normalized spacial score (nSPS) is 10.8. The standard InChI is InChI=1S/C30H22BFN4O5/c1-40-27-14-24-20(13-21(27)28(33)37)25(9-10-34-24)41-26-8-7-19(12-23(26)32)35-29(38)22-11-18(31)16-36(30(22)39)15-17-5-3-2-4-6-17/h2-14,16H,15H2,1H3,(H2,33,37)(H,35,38). The van der Waals surface area contributed by atoms with Gasteiger partial charge in [0.25, 0.3) is 17.4 Å². The van der Waals surface area contributed by atoms with Gasteiger partial charge in [-0.3, -0.25) is 19.4 Å². The quantitative estimate of drug-likeness (QED) is 0.286. The molecule has 11 heteroatoms. The molecule has 0 aliphatic heterocycles. The monoisotopic (exact) mass is 548 g/mol. The van der Waals surface area contributed by atoms with Gasteiger partial charge in [-0.1, -0.05) is 35.8 Å². The molecule has 0 aliphatic rings. The fourth-order valence-corrected chi connectivity index (χ4v) is 4.30. The molecule has 2 amide bonds. The third-order valence-corrected chi connectivity index (χ3v) is 6.25. The van der Waals surface area contributed by atoms with Crippen molar-refractivity contribution in [1.29, 1.82) is 0 Å². The first-order valence-corrected chi connectivity index (χ1v) is 12.3. The molecule has 2 radical (unpaired) electrons.